The van der Waals surface area contributed by atoms with E-state index in [0.29, 0.717) is 24.2 Å². The number of rotatable bonds is 7. The molecule has 1 heterocycles. The number of carbonyl (C=O) groups is 2. The van der Waals surface area contributed by atoms with Crippen molar-refractivity contribution in [2.24, 2.45) is 0 Å². The van der Waals surface area contributed by atoms with E-state index < -0.39 is 0 Å². The van der Waals surface area contributed by atoms with Crippen molar-refractivity contribution in [3.63, 3.8) is 0 Å². The predicted molar refractivity (Wildman–Crippen MR) is 101 cm³/mol. The molecule has 2 aromatic rings. The third-order valence-corrected chi connectivity index (χ3v) is 4.44. The zero-order chi connectivity index (χ0) is 18.2. The van der Waals surface area contributed by atoms with Gasteiger partial charge in [-0.1, -0.05) is 30.3 Å². The van der Waals surface area contributed by atoms with E-state index in [1.807, 2.05) is 30.3 Å². The molecule has 0 spiro atoms. The fourth-order valence-corrected chi connectivity index (χ4v) is 2.97. The highest BCUT2D eigenvalue weighted by atomic mass is 16.5. The van der Waals surface area contributed by atoms with Gasteiger partial charge in [0, 0.05) is 30.8 Å². The first-order chi connectivity index (χ1) is 12.7. The van der Waals surface area contributed by atoms with Gasteiger partial charge < -0.3 is 15.4 Å². The second-order valence-corrected chi connectivity index (χ2v) is 6.47. The Balaban J connectivity index is 1.44. The van der Waals surface area contributed by atoms with E-state index in [-0.39, 0.29) is 17.9 Å². The lowest BCUT2D eigenvalue weighted by molar-refractivity contribution is -0.116. The predicted octanol–water partition coefficient (Wildman–Crippen LogP) is 3.51. The Hall–Kier alpha value is -2.66. The fourth-order valence-electron chi connectivity index (χ4n) is 2.97. The van der Waals surface area contributed by atoms with Gasteiger partial charge in [0.15, 0.2) is 0 Å². The number of benzene rings is 2. The Kier molecular flexibility index (Phi) is 6.39. The maximum Gasteiger partial charge on any atom is 0.251 e. The van der Waals surface area contributed by atoms with Gasteiger partial charge in [-0.3, -0.25) is 9.59 Å². The Morgan fingerprint density at radius 2 is 1.81 bits per heavy atom. The molecule has 3 rings (SSSR count). The quantitative estimate of drug-likeness (QED) is 0.801. The lowest BCUT2D eigenvalue weighted by Crippen LogP contribution is -2.22. The van der Waals surface area contributed by atoms with E-state index >= 15 is 0 Å². The fraction of sp³-hybridized carbons (Fsp3) is 0.333. The van der Waals surface area contributed by atoms with Crippen LogP contribution in [0.1, 0.15) is 41.6 Å². The molecule has 1 saturated heterocycles. The molecule has 0 aromatic heterocycles. The molecule has 2 aromatic carbocycles. The highest BCUT2D eigenvalue weighted by Crippen LogP contribution is 2.17. The van der Waals surface area contributed by atoms with Gasteiger partial charge in [-0.05, 0) is 49.1 Å². The van der Waals surface area contributed by atoms with Crippen molar-refractivity contribution in [2.45, 2.75) is 38.3 Å². The minimum absolute atomic E-state index is 0.0261. The summed E-state index contributed by atoms with van der Waals surface area (Å²) in [5.74, 6) is -0.160. The first kappa shape index (κ1) is 18.1. The van der Waals surface area contributed by atoms with Crippen molar-refractivity contribution < 1.29 is 14.3 Å². The van der Waals surface area contributed by atoms with Gasteiger partial charge >= 0.3 is 0 Å². The Bertz CT molecular complexity index is 723. The summed E-state index contributed by atoms with van der Waals surface area (Å²) < 4.78 is 5.53. The standard InChI is InChI=1S/C21H24N2O3/c24-20(13-12-19-7-4-14-26-19)23-18-10-8-17(9-11-18)21(25)22-15-16-5-2-1-3-6-16/h1-3,5-6,8-11,19H,4,7,12-15H2,(H,22,25)(H,23,24). The van der Waals surface area contributed by atoms with Crippen LogP contribution in [0.5, 0.6) is 0 Å². The molecule has 1 aliphatic rings. The molecule has 0 saturated carbocycles. The van der Waals surface area contributed by atoms with Crippen molar-refractivity contribution in [1.82, 2.24) is 5.32 Å². The maximum absolute atomic E-state index is 12.2. The first-order valence-electron chi connectivity index (χ1n) is 9.04. The lowest BCUT2D eigenvalue weighted by atomic mass is 10.1. The van der Waals surface area contributed by atoms with E-state index in [2.05, 4.69) is 10.6 Å². The van der Waals surface area contributed by atoms with Gasteiger partial charge in [-0.2, -0.15) is 0 Å². The number of hydrogen-bond acceptors (Lipinski definition) is 3. The van der Waals surface area contributed by atoms with Gasteiger partial charge in [0.2, 0.25) is 5.91 Å². The van der Waals surface area contributed by atoms with Gasteiger partial charge in [0.1, 0.15) is 0 Å². The first-order valence-corrected chi connectivity index (χ1v) is 9.04. The van der Waals surface area contributed by atoms with Gasteiger partial charge in [0.25, 0.3) is 5.91 Å². The normalized spacial score (nSPS) is 16.2. The molecule has 1 fully saturated rings. The third-order valence-electron chi connectivity index (χ3n) is 4.44. The topological polar surface area (TPSA) is 67.4 Å². The summed E-state index contributed by atoms with van der Waals surface area (Å²) in [4.78, 5) is 24.2. The highest BCUT2D eigenvalue weighted by molar-refractivity contribution is 5.95. The molecular weight excluding hydrogens is 328 g/mol. The smallest absolute Gasteiger partial charge is 0.251 e. The van der Waals surface area contributed by atoms with Crippen molar-refractivity contribution in [1.29, 1.82) is 0 Å². The maximum atomic E-state index is 12.2. The van der Waals surface area contributed by atoms with Crippen LogP contribution in [0.2, 0.25) is 0 Å². The van der Waals surface area contributed by atoms with Crippen molar-refractivity contribution in [3.05, 3.63) is 65.7 Å². The van der Waals surface area contributed by atoms with Crippen LogP contribution in [0.15, 0.2) is 54.6 Å². The highest BCUT2D eigenvalue weighted by Gasteiger charge is 2.16. The molecular formula is C21H24N2O3. The van der Waals surface area contributed by atoms with E-state index in [1.54, 1.807) is 24.3 Å². The van der Waals surface area contributed by atoms with Crippen LogP contribution < -0.4 is 10.6 Å². The van der Waals surface area contributed by atoms with Crippen LogP contribution >= 0.6 is 0 Å². The Morgan fingerprint density at radius 3 is 2.50 bits per heavy atom. The lowest BCUT2D eigenvalue weighted by Gasteiger charge is -2.10. The third kappa shape index (κ3) is 5.43. The SMILES string of the molecule is O=C(CCC1CCCO1)Nc1ccc(C(=O)NCc2ccccc2)cc1. The van der Waals surface area contributed by atoms with Gasteiger partial charge in [-0.15, -0.1) is 0 Å². The Labute approximate surface area is 153 Å². The van der Waals surface area contributed by atoms with Crippen LogP contribution in [-0.2, 0) is 16.1 Å². The minimum atomic E-state index is -0.134. The number of anilines is 1. The summed E-state index contributed by atoms with van der Waals surface area (Å²) in [7, 11) is 0. The molecule has 1 unspecified atom stereocenters. The molecule has 0 radical (unpaired) electrons. The van der Waals surface area contributed by atoms with Crippen molar-refractivity contribution >= 4 is 17.5 Å². The molecule has 2 amide bonds. The van der Waals surface area contributed by atoms with E-state index in [0.717, 1.165) is 31.4 Å². The number of amides is 2. The number of ether oxygens (including phenoxy) is 1. The Morgan fingerprint density at radius 1 is 1.04 bits per heavy atom. The van der Waals surface area contributed by atoms with Crippen LogP contribution in [0.25, 0.3) is 0 Å². The summed E-state index contributed by atoms with van der Waals surface area (Å²) in [5.41, 5.74) is 2.32. The minimum Gasteiger partial charge on any atom is -0.378 e. The molecule has 136 valence electrons. The van der Waals surface area contributed by atoms with E-state index in [1.165, 1.54) is 0 Å². The molecule has 2 N–H and O–H groups in total. The number of hydrogen-bond donors (Lipinski definition) is 2. The molecule has 5 nitrogen and oxygen atoms in total. The molecule has 26 heavy (non-hydrogen) atoms. The van der Waals surface area contributed by atoms with Crippen LogP contribution in [0.4, 0.5) is 5.69 Å². The average molecular weight is 352 g/mol. The van der Waals surface area contributed by atoms with Crippen molar-refractivity contribution in [3.8, 4) is 0 Å². The summed E-state index contributed by atoms with van der Waals surface area (Å²) in [6, 6.07) is 16.7. The molecule has 5 heteroatoms. The summed E-state index contributed by atoms with van der Waals surface area (Å²) in [6.45, 7) is 1.29. The molecule has 0 aliphatic carbocycles. The van der Waals surface area contributed by atoms with Crippen LogP contribution in [0, 0.1) is 0 Å². The second-order valence-electron chi connectivity index (χ2n) is 6.47. The molecule has 0 bridgehead atoms. The second kappa shape index (κ2) is 9.15. The van der Waals surface area contributed by atoms with Crippen LogP contribution in [0.3, 0.4) is 0 Å². The summed E-state index contributed by atoms with van der Waals surface area (Å²) in [5, 5.41) is 5.75. The van der Waals surface area contributed by atoms with Gasteiger partial charge in [0.05, 0.1) is 6.10 Å². The van der Waals surface area contributed by atoms with E-state index in [9.17, 15) is 9.59 Å². The molecule has 1 atom stereocenters. The summed E-state index contributed by atoms with van der Waals surface area (Å²) in [6.07, 6.45) is 3.55. The molecule has 1 aliphatic heterocycles. The largest absolute Gasteiger partial charge is 0.378 e. The zero-order valence-corrected chi connectivity index (χ0v) is 14.7. The van der Waals surface area contributed by atoms with Gasteiger partial charge in [-0.25, -0.2) is 0 Å². The van der Waals surface area contributed by atoms with E-state index in [4.69, 9.17) is 4.74 Å². The number of nitrogens with one attached hydrogen (secondary N) is 2. The average Bonchev–Trinajstić information content (AvgIpc) is 3.19. The summed E-state index contributed by atoms with van der Waals surface area (Å²) >= 11 is 0. The van der Waals surface area contributed by atoms with Crippen molar-refractivity contribution in [2.75, 3.05) is 11.9 Å². The zero-order valence-electron chi connectivity index (χ0n) is 14.7. The monoisotopic (exact) mass is 352 g/mol. The number of carbonyl (C=O) groups excluding carboxylic acids is 2. The van der Waals surface area contributed by atoms with Crippen LogP contribution in [-0.4, -0.2) is 24.5 Å².